The van der Waals surface area contributed by atoms with Crippen molar-refractivity contribution in [3.05, 3.63) is 35.4 Å². The van der Waals surface area contributed by atoms with E-state index in [0.717, 1.165) is 61.3 Å². The molecule has 2 aromatic heterocycles. The number of hydrogen-bond donors (Lipinski definition) is 0. The van der Waals surface area contributed by atoms with E-state index in [9.17, 15) is 4.79 Å². The van der Waals surface area contributed by atoms with Crippen LogP contribution in [0.25, 0.3) is 0 Å². The summed E-state index contributed by atoms with van der Waals surface area (Å²) in [6.07, 6.45) is 6.78. The van der Waals surface area contributed by atoms with E-state index in [2.05, 4.69) is 24.8 Å². The fourth-order valence-corrected chi connectivity index (χ4v) is 4.84. The molecule has 2 aliphatic heterocycles. The molecule has 29 heavy (non-hydrogen) atoms. The summed E-state index contributed by atoms with van der Waals surface area (Å²) < 4.78 is 5.82. The molecule has 0 spiro atoms. The highest BCUT2D eigenvalue weighted by Crippen LogP contribution is 2.28. The third-order valence-corrected chi connectivity index (χ3v) is 6.68. The molecule has 1 amide bonds. The highest BCUT2D eigenvalue weighted by Gasteiger charge is 2.23. The second-order valence-corrected chi connectivity index (χ2v) is 8.89. The number of likely N-dealkylation sites (tertiary alicyclic amines) is 1. The zero-order valence-electron chi connectivity index (χ0n) is 17.4. The van der Waals surface area contributed by atoms with E-state index in [1.165, 1.54) is 19.3 Å². The summed E-state index contributed by atoms with van der Waals surface area (Å²) in [5, 5.41) is 0.779. The smallest absolute Gasteiger partial charge is 0.289 e. The molecule has 0 aliphatic carbocycles. The standard InChI is InChI=1S/C22H30N4O2S/c1-3-17-14-20(26-13-5-4-8-16(26)2)24-22(23-17)29-15-18-9-10-19(28-18)21(27)25-11-6-7-12-25/h9-10,14,16H,3-8,11-13,15H2,1-2H3. The molecular weight excluding hydrogens is 384 g/mol. The number of anilines is 1. The molecule has 0 bridgehead atoms. The van der Waals surface area contributed by atoms with Gasteiger partial charge in [-0.25, -0.2) is 9.97 Å². The van der Waals surface area contributed by atoms with E-state index in [0.29, 0.717) is 17.6 Å². The monoisotopic (exact) mass is 414 g/mol. The number of piperidine rings is 1. The van der Waals surface area contributed by atoms with Crippen molar-refractivity contribution in [3.63, 3.8) is 0 Å². The van der Waals surface area contributed by atoms with Crippen LogP contribution in [0.4, 0.5) is 5.82 Å². The quantitative estimate of drug-likeness (QED) is 0.511. The lowest BCUT2D eigenvalue weighted by Gasteiger charge is -2.34. The zero-order chi connectivity index (χ0) is 20.2. The molecule has 4 heterocycles. The van der Waals surface area contributed by atoms with Crippen LogP contribution < -0.4 is 4.90 Å². The van der Waals surface area contributed by atoms with Crippen LogP contribution in [-0.2, 0) is 12.2 Å². The van der Waals surface area contributed by atoms with Crippen molar-refractivity contribution < 1.29 is 9.21 Å². The van der Waals surface area contributed by atoms with Crippen LogP contribution in [0.15, 0.2) is 27.8 Å². The average molecular weight is 415 g/mol. The van der Waals surface area contributed by atoms with Crippen molar-refractivity contribution in [3.8, 4) is 0 Å². The number of aryl methyl sites for hydroxylation is 1. The number of rotatable bonds is 6. The summed E-state index contributed by atoms with van der Waals surface area (Å²) in [6, 6.07) is 6.34. The molecule has 2 aliphatic rings. The second-order valence-electron chi connectivity index (χ2n) is 7.95. The lowest BCUT2D eigenvalue weighted by atomic mass is 10.0. The van der Waals surface area contributed by atoms with Crippen LogP contribution in [0, 0.1) is 0 Å². The molecule has 2 aromatic rings. The van der Waals surface area contributed by atoms with Crippen LogP contribution in [0.5, 0.6) is 0 Å². The van der Waals surface area contributed by atoms with Crippen molar-refractivity contribution in [1.82, 2.24) is 14.9 Å². The van der Waals surface area contributed by atoms with E-state index in [-0.39, 0.29) is 5.91 Å². The number of hydrogen-bond acceptors (Lipinski definition) is 6. The van der Waals surface area contributed by atoms with Gasteiger partial charge in [-0.15, -0.1) is 0 Å². The van der Waals surface area contributed by atoms with Gasteiger partial charge in [0.1, 0.15) is 11.6 Å². The molecule has 0 aromatic carbocycles. The number of nitrogens with zero attached hydrogens (tertiary/aromatic N) is 4. The fraction of sp³-hybridized carbons (Fsp3) is 0.591. The van der Waals surface area contributed by atoms with Gasteiger partial charge >= 0.3 is 0 Å². The molecule has 0 saturated carbocycles. The van der Waals surface area contributed by atoms with Crippen molar-refractivity contribution in [2.75, 3.05) is 24.5 Å². The first-order valence-electron chi connectivity index (χ1n) is 10.8. The van der Waals surface area contributed by atoms with Gasteiger partial charge in [0.2, 0.25) is 0 Å². The van der Waals surface area contributed by atoms with E-state index in [4.69, 9.17) is 14.4 Å². The first-order chi connectivity index (χ1) is 14.1. The minimum Gasteiger partial charge on any atom is -0.455 e. The van der Waals surface area contributed by atoms with Crippen LogP contribution in [-0.4, -0.2) is 46.5 Å². The molecule has 6 nitrogen and oxygen atoms in total. The first-order valence-corrected chi connectivity index (χ1v) is 11.8. The Bertz CT molecular complexity index is 847. The van der Waals surface area contributed by atoms with Crippen LogP contribution in [0.3, 0.4) is 0 Å². The molecule has 7 heteroatoms. The van der Waals surface area contributed by atoms with E-state index >= 15 is 0 Å². The second kappa shape index (κ2) is 9.20. The summed E-state index contributed by atoms with van der Waals surface area (Å²) >= 11 is 1.57. The normalized spacial score (nSPS) is 19.7. The zero-order valence-corrected chi connectivity index (χ0v) is 18.2. The van der Waals surface area contributed by atoms with Crippen LogP contribution in [0.2, 0.25) is 0 Å². The Morgan fingerprint density at radius 1 is 1.17 bits per heavy atom. The van der Waals surface area contributed by atoms with Gasteiger partial charge in [0.05, 0.1) is 5.75 Å². The van der Waals surface area contributed by atoms with Gasteiger partial charge in [0.15, 0.2) is 10.9 Å². The predicted octanol–water partition coefficient (Wildman–Crippen LogP) is 4.54. The van der Waals surface area contributed by atoms with E-state index < -0.39 is 0 Å². The summed E-state index contributed by atoms with van der Waals surface area (Å²) in [6.45, 7) is 7.13. The number of thioether (sulfide) groups is 1. The van der Waals surface area contributed by atoms with E-state index in [1.807, 2.05) is 11.0 Å². The third-order valence-electron chi connectivity index (χ3n) is 5.81. The van der Waals surface area contributed by atoms with Gasteiger partial charge < -0.3 is 14.2 Å². The van der Waals surface area contributed by atoms with Crippen molar-refractivity contribution >= 4 is 23.5 Å². The van der Waals surface area contributed by atoms with Gasteiger partial charge in [0, 0.05) is 37.4 Å². The van der Waals surface area contributed by atoms with Gasteiger partial charge in [-0.3, -0.25) is 4.79 Å². The SMILES string of the molecule is CCc1cc(N2CCCCC2C)nc(SCc2ccc(C(=O)N3CCCC3)o2)n1. The Morgan fingerprint density at radius 2 is 1.97 bits per heavy atom. The lowest BCUT2D eigenvalue weighted by Crippen LogP contribution is -2.38. The summed E-state index contributed by atoms with van der Waals surface area (Å²) in [7, 11) is 0. The molecule has 0 radical (unpaired) electrons. The maximum Gasteiger partial charge on any atom is 0.289 e. The van der Waals surface area contributed by atoms with Crippen LogP contribution in [0.1, 0.15) is 68.0 Å². The number of carbonyl (C=O) groups is 1. The molecule has 0 N–H and O–H groups in total. The molecule has 4 rings (SSSR count). The predicted molar refractivity (Wildman–Crippen MR) is 115 cm³/mol. The molecule has 1 unspecified atom stereocenters. The lowest BCUT2D eigenvalue weighted by molar-refractivity contribution is 0.0760. The summed E-state index contributed by atoms with van der Waals surface area (Å²) in [5.41, 5.74) is 1.07. The van der Waals surface area contributed by atoms with Crippen molar-refractivity contribution in [1.29, 1.82) is 0 Å². The van der Waals surface area contributed by atoms with Gasteiger partial charge in [0.25, 0.3) is 5.91 Å². The van der Waals surface area contributed by atoms with Gasteiger partial charge in [-0.05, 0) is 57.6 Å². The Hall–Kier alpha value is -2.02. The Kier molecular flexibility index (Phi) is 6.43. The Morgan fingerprint density at radius 3 is 2.72 bits per heavy atom. The molecule has 1 atom stereocenters. The average Bonchev–Trinajstić information content (AvgIpc) is 3.44. The van der Waals surface area contributed by atoms with Gasteiger partial charge in [-0.2, -0.15) is 0 Å². The maximum absolute atomic E-state index is 12.5. The largest absolute Gasteiger partial charge is 0.455 e. The Balaban J connectivity index is 1.44. The topological polar surface area (TPSA) is 62.5 Å². The highest BCUT2D eigenvalue weighted by molar-refractivity contribution is 7.98. The third kappa shape index (κ3) is 4.77. The minimum absolute atomic E-state index is 0.00403. The number of amides is 1. The summed E-state index contributed by atoms with van der Waals surface area (Å²) in [4.78, 5) is 26.3. The number of aromatic nitrogens is 2. The number of furan rings is 1. The van der Waals surface area contributed by atoms with Crippen LogP contribution >= 0.6 is 11.8 Å². The maximum atomic E-state index is 12.5. The fourth-order valence-electron chi connectivity index (χ4n) is 4.07. The van der Waals surface area contributed by atoms with Crippen molar-refractivity contribution in [2.24, 2.45) is 0 Å². The summed E-state index contributed by atoms with van der Waals surface area (Å²) in [5.74, 6) is 2.89. The minimum atomic E-state index is 0.00403. The first kappa shape index (κ1) is 20.3. The Labute approximate surface area is 177 Å². The van der Waals surface area contributed by atoms with Gasteiger partial charge in [-0.1, -0.05) is 18.7 Å². The molecular formula is C22H30N4O2S. The van der Waals surface area contributed by atoms with Crippen molar-refractivity contribution in [2.45, 2.75) is 69.3 Å². The highest BCUT2D eigenvalue weighted by atomic mass is 32.2. The van der Waals surface area contributed by atoms with E-state index in [1.54, 1.807) is 17.8 Å². The number of carbonyl (C=O) groups excluding carboxylic acids is 1. The molecule has 156 valence electrons. The molecule has 2 fully saturated rings. The molecule has 2 saturated heterocycles.